The van der Waals surface area contributed by atoms with E-state index < -0.39 is 9.84 Å². The van der Waals surface area contributed by atoms with Crippen molar-refractivity contribution in [3.8, 4) is 11.1 Å². The zero-order chi connectivity index (χ0) is 20.7. The highest BCUT2D eigenvalue weighted by Crippen LogP contribution is 2.38. The Balaban J connectivity index is 1.35. The lowest BCUT2D eigenvalue weighted by molar-refractivity contribution is 0.102. The lowest BCUT2D eigenvalue weighted by Crippen LogP contribution is -2.14. The molecule has 1 N–H and O–H groups in total. The predicted octanol–water partition coefficient (Wildman–Crippen LogP) is 4.79. The topological polar surface area (TPSA) is 63.2 Å². The Morgan fingerprint density at radius 3 is 2.53 bits per heavy atom. The standard InChI is InChI=1S/C24H21NO3S2/c26-24(22-7-3-4-8-23(22)29-19-11-12-30(27,28)15-19)25-18-9-10-21-17(14-18)13-16-5-1-2-6-20(16)21/h1-10,14,19H,11-13,15H2,(H,25,26). The van der Waals surface area contributed by atoms with Crippen LogP contribution in [-0.2, 0) is 16.3 Å². The van der Waals surface area contributed by atoms with E-state index in [0.29, 0.717) is 12.0 Å². The molecule has 30 heavy (non-hydrogen) atoms. The van der Waals surface area contributed by atoms with Crippen LogP contribution in [0.4, 0.5) is 5.69 Å². The maximum atomic E-state index is 13.0. The van der Waals surface area contributed by atoms with E-state index in [2.05, 4.69) is 29.6 Å². The highest BCUT2D eigenvalue weighted by atomic mass is 32.2. The Morgan fingerprint density at radius 2 is 1.70 bits per heavy atom. The second-order valence-corrected chi connectivity index (χ2v) is 11.4. The minimum atomic E-state index is -2.95. The number of hydrogen-bond donors (Lipinski definition) is 1. The van der Waals surface area contributed by atoms with E-state index in [0.717, 1.165) is 17.0 Å². The van der Waals surface area contributed by atoms with Gasteiger partial charge in [-0.3, -0.25) is 4.79 Å². The Hall–Kier alpha value is -2.57. The Morgan fingerprint density at radius 1 is 0.933 bits per heavy atom. The van der Waals surface area contributed by atoms with Gasteiger partial charge in [-0.25, -0.2) is 8.42 Å². The highest BCUT2D eigenvalue weighted by Gasteiger charge is 2.29. The maximum absolute atomic E-state index is 13.0. The molecule has 3 aromatic rings. The van der Waals surface area contributed by atoms with Gasteiger partial charge in [0.2, 0.25) is 0 Å². The third kappa shape index (κ3) is 3.77. The Bertz CT molecular complexity index is 1250. The van der Waals surface area contributed by atoms with Gasteiger partial charge in [0.15, 0.2) is 9.84 Å². The van der Waals surface area contributed by atoms with Crippen molar-refractivity contribution in [2.45, 2.75) is 23.0 Å². The number of sulfone groups is 1. The summed E-state index contributed by atoms with van der Waals surface area (Å²) in [7, 11) is -2.95. The molecule has 0 saturated carbocycles. The van der Waals surface area contributed by atoms with Gasteiger partial charge >= 0.3 is 0 Å². The largest absolute Gasteiger partial charge is 0.322 e. The summed E-state index contributed by atoms with van der Waals surface area (Å²) in [6, 6.07) is 21.9. The fourth-order valence-corrected chi connectivity index (χ4v) is 7.84. The molecule has 5 rings (SSSR count). The van der Waals surface area contributed by atoms with Gasteiger partial charge in [-0.1, -0.05) is 42.5 Å². The fourth-order valence-electron chi connectivity index (χ4n) is 4.21. The summed E-state index contributed by atoms with van der Waals surface area (Å²) in [5.74, 6) is 0.240. The molecule has 152 valence electrons. The van der Waals surface area contributed by atoms with E-state index in [4.69, 9.17) is 0 Å². The zero-order valence-corrected chi connectivity index (χ0v) is 17.9. The molecule has 3 aromatic carbocycles. The summed E-state index contributed by atoms with van der Waals surface area (Å²) < 4.78 is 23.5. The van der Waals surface area contributed by atoms with Crippen LogP contribution in [0, 0.1) is 0 Å². The number of fused-ring (bicyclic) bond motifs is 3. The fraction of sp³-hybridized carbons (Fsp3) is 0.208. The summed E-state index contributed by atoms with van der Waals surface area (Å²) in [5, 5.41) is 3.03. The van der Waals surface area contributed by atoms with E-state index in [1.165, 1.54) is 34.0 Å². The van der Waals surface area contributed by atoms with Crippen molar-refractivity contribution < 1.29 is 13.2 Å². The van der Waals surface area contributed by atoms with Crippen molar-refractivity contribution in [2.24, 2.45) is 0 Å². The van der Waals surface area contributed by atoms with Crippen LogP contribution in [-0.4, -0.2) is 31.1 Å². The van der Waals surface area contributed by atoms with Crippen molar-refractivity contribution in [2.75, 3.05) is 16.8 Å². The average Bonchev–Trinajstić information content (AvgIpc) is 3.27. The molecule has 1 saturated heterocycles. The van der Waals surface area contributed by atoms with E-state index in [1.807, 2.05) is 36.4 Å². The monoisotopic (exact) mass is 435 g/mol. The van der Waals surface area contributed by atoms with Gasteiger partial charge in [0, 0.05) is 15.8 Å². The van der Waals surface area contributed by atoms with Gasteiger partial charge in [0.05, 0.1) is 17.1 Å². The quantitative estimate of drug-likeness (QED) is 0.501. The second-order valence-electron chi connectivity index (χ2n) is 7.80. The van der Waals surface area contributed by atoms with E-state index in [9.17, 15) is 13.2 Å². The minimum absolute atomic E-state index is 0.00227. The van der Waals surface area contributed by atoms with Gasteiger partial charge in [-0.05, 0) is 59.4 Å². The summed E-state index contributed by atoms with van der Waals surface area (Å²) in [6.45, 7) is 0. The molecular formula is C24H21NO3S2. The third-order valence-electron chi connectivity index (χ3n) is 5.67. The van der Waals surface area contributed by atoms with Crippen molar-refractivity contribution in [1.82, 2.24) is 0 Å². The number of rotatable bonds is 4. The van der Waals surface area contributed by atoms with Crippen LogP contribution < -0.4 is 5.32 Å². The number of carbonyl (C=O) groups excluding carboxylic acids is 1. The normalized spacial score (nSPS) is 18.6. The first-order chi connectivity index (χ1) is 14.5. The minimum Gasteiger partial charge on any atom is -0.322 e. The first-order valence-corrected chi connectivity index (χ1v) is 12.7. The number of benzene rings is 3. The summed E-state index contributed by atoms with van der Waals surface area (Å²) in [6.07, 6.45) is 1.51. The van der Waals surface area contributed by atoms with Crippen molar-refractivity contribution >= 4 is 33.2 Å². The van der Waals surface area contributed by atoms with Crippen LogP contribution in [0.2, 0.25) is 0 Å². The average molecular weight is 436 g/mol. The molecule has 1 aliphatic carbocycles. The third-order valence-corrected chi connectivity index (χ3v) is 8.99. The first kappa shape index (κ1) is 19.4. The molecule has 1 amide bonds. The number of anilines is 1. The lowest BCUT2D eigenvalue weighted by atomic mass is 10.1. The zero-order valence-electron chi connectivity index (χ0n) is 16.3. The molecule has 1 fully saturated rings. The van der Waals surface area contributed by atoms with Gasteiger partial charge in [-0.15, -0.1) is 11.8 Å². The first-order valence-electron chi connectivity index (χ1n) is 9.97. The number of nitrogens with one attached hydrogen (secondary N) is 1. The summed E-state index contributed by atoms with van der Waals surface area (Å²) in [5.41, 5.74) is 6.36. The number of carbonyl (C=O) groups is 1. The molecule has 0 aromatic heterocycles. The summed E-state index contributed by atoms with van der Waals surface area (Å²) >= 11 is 1.49. The van der Waals surface area contributed by atoms with Crippen LogP contribution in [0.15, 0.2) is 71.6 Å². The SMILES string of the molecule is O=C(Nc1ccc2c(c1)Cc1ccccc1-2)c1ccccc1SC1CCS(=O)(=O)C1. The molecule has 0 spiro atoms. The number of amides is 1. The van der Waals surface area contributed by atoms with Crippen molar-refractivity contribution in [3.05, 3.63) is 83.4 Å². The van der Waals surface area contributed by atoms with Crippen LogP contribution >= 0.6 is 11.8 Å². The molecule has 4 nitrogen and oxygen atoms in total. The second kappa shape index (κ2) is 7.60. The molecule has 1 unspecified atom stereocenters. The summed E-state index contributed by atoms with van der Waals surface area (Å²) in [4.78, 5) is 13.8. The van der Waals surface area contributed by atoms with Gasteiger partial charge in [-0.2, -0.15) is 0 Å². The number of thioether (sulfide) groups is 1. The maximum Gasteiger partial charge on any atom is 0.256 e. The molecule has 6 heteroatoms. The molecule has 1 aliphatic heterocycles. The van der Waals surface area contributed by atoms with Gasteiger partial charge in [0.25, 0.3) is 5.91 Å². The lowest BCUT2D eigenvalue weighted by Gasteiger charge is -2.13. The van der Waals surface area contributed by atoms with Crippen LogP contribution in [0.3, 0.4) is 0 Å². The smallest absolute Gasteiger partial charge is 0.256 e. The molecule has 0 radical (unpaired) electrons. The van der Waals surface area contributed by atoms with Crippen molar-refractivity contribution in [3.63, 3.8) is 0 Å². The van der Waals surface area contributed by atoms with Gasteiger partial charge in [0.1, 0.15) is 0 Å². The number of hydrogen-bond acceptors (Lipinski definition) is 4. The molecule has 1 atom stereocenters. The van der Waals surface area contributed by atoms with E-state index in [1.54, 1.807) is 6.07 Å². The highest BCUT2D eigenvalue weighted by molar-refractivity contribution is 8.02. The molecular weight excluding hydrogens is 414 g/mol. The van der Waals surface area contributed by atoms with Gasteiger partial charge < -0.3 is 5.32 Å². The Kier molecular flexibility index (Phi) is 4.91. The molecule has 1 heterocycles. The predicted molar refractivity (Wildman–Crippen MR) is 122 cm³/mol. The van der Waals surface area contributed by atoms with E-state index in [-0.39, 0.29) is 22.7 Å². The van der Waals surface area contributed by atoms with Crippen LogP contribution in [0.5, 0.6) is 0 Å². The van der Waals surface area contributed by atoms with Crippen LogP contribution in [0.25, 0.3) is 11.1 Å². The Labute approximate surface area is 180 Å². The van der Waals surface area contributed by atoms with Crippen molar-refractivity contribution in [1.29, 1.82) is 0 Å². The molecule has 0 bridgehead atoms. The molecule has 2 aliphatic rings. The van der Waals surface area contributed by atoms with Crippen LogP contribution in [0.1, 0.15) is 27.9 Å². The van der Waals surface area contributed by atoms with E-state index >= 15 is 0 Å².